The van der Waals surface area contributed by atoms with Gasteiger partial charge in [-0.2, -0.15) is 17.5 Å². The molecule has 3 nitrogen and oxygen atoms in total. The van der Waals surface area contributed by atoms with Crippen LogP contribution in [-0.4, -0.2) is 19.3 Å². The molecular weight excluding hydrogens is 327 g/mol. The first-order valence-electron chi connectivity index (χ1n) is 6.95. The third kappa shape index (κ3) is 3.11. The number of benzene rings is 2. The summed E-state index contributed by atoms with van der Waals surface area (Å²) < 4.78 is 64.4. The number of halogens is 3. The zero-order valence-electron chi connectivity index (χ0n) is 12.2. The van der Waals surface area contributed by atoms with Gasteiger partial charge in [-0.3, -0.25) is 0 Å². The van der Waals surface area contributed by atoms with Gasteiger partial charge in [0.1, 0.15) is 0 Å². The van der Waals surface area contributed by atoms with E-state index in [0.717, 1.165) is 17.7 Å². The van der Waals surface area contributed by atoms with Crippen LogP contribution in [-0.2, 0) is 16.2 Å². The summed E-state index contributed by atoms with van der Waals surface area (Å²) in [7, 11) is -3.68. The van der Waals surface area contributed by atoms with Crippen molar-refractivity contribution in [1.82, 2.24) is 4.31 Å². The van der Waals surface area contributed by atoms with Crippen molar-refractivity contribution in [3.8, 4) is 0 Å². The molecule has 1 heterocycles. The monoisotopic (exact) mass is 341 g/mol. The summed E-state index contributed by atoms with van der Waals surface area (Å²) in [6, 6.07) is 10.7. The Morgan fingerprint density at radius 2 is 1.74 bits per heavy atom. The van der Waals surface area contributed by atoms with Crippen LogP contribution in [0.4, 0.5) is 13.2 Å². The van der Waals surface area contributed by atoms with E-state index in [4.69, 9.17) is 0 Å². The molecule has 0 radical (unpaired) electrons. The number of nitrogens with zero attached hydrogens (tertiary/aromatic N) is 1. The summed E-state index contributed by atoms with van der Waals surface area (Å²) in [5, 5.41) is 0. The third-order valence-corrected chi connectivity index (χ3v) is 5.68. The van der Waals surface area contributed by atoms with Crippen LogP contribution in [0, 0.1) is 6.92 Å². The highest BCUT2D eigenvalue weighted by molar-refractivity contribution is 7.89. The zero-order valence-corrected chi connectivity index (χ0v) is 13.0. The zero-order chi connectivity index (χ0) is 16.8. The lowest BCUT2D eigenvalue weighted by atomic mass is 10.1. The molecule has 7 heteroatoms. The lowest BCUT2D eigenvalue weighted by Crippen LogP contribution is -2.13. The molecule has 122 valence electrons. The molecule has 3 rings (SSSR count). The minimum Gasteiger partial charge on any atom is -0.207 e. The lowest BCUT2D eigenvalue weighted by molar-refractivity contribution is -0.137. The van der Waals surface area contributed by atoms with E-state index in [1.165, 1.54) is 28.6 Å². The second-order valence-electron chi connectivity index (χ2n) is 5.53. The van der Waals surface area contributed by atoms with Crippen LogP contribution < -0.4 is 0 Å². The van der Waals surface area contributed by atoms with Gasteiger partial charge in [-0.25, -0.2) is 8.42 Å². The minimum atomic E-state index is -4.44. The maximum absolute atomic E-state index is 12.8. The molecule has 1 fully saturated rings. The van der Waals surface area contributed by atoms with E-state index in [1.807, 2.05) is 6.92 Å². The van der Waals surface area contributed by atoms with Crippen molar-refractivity contribution in [2.75, 3.05) is 6.54 Å². The molecule has 1 aliphatic rings. The van der Waals surface area contributed by atoms with E-state index in [-0.39, 0.29) is 11.4 Å². The second kappa shape index (κ2) is 5.35. The van der Waals surface area contributed by atoms with Crippen LogP contribution in [0.5, 0.6) is 0 Å². The fraction of sp³-hybridized carbons (Fsp3) is 0.250. The number of hydrogen-bond acceptors (Lipinski definition) is 2. The predicted molar refractivity (Wildman–Crippen MR) is 79.3 cm³/mol. The Hall–Kier alpha value is -1.86. The molecule has 0 N–H and O–H groups in total. The van der Waals surface area contributed by atoms with Crippen LogP contribution >= 0.6 is 0 Å². The van der Waals surface area contributed by atoms with Gasteiger partial charge in [0, 0.05) is 6.54 Å². The fourth-order valence-corrected chi connectivity index (χ4v) is 3.97. The molecule has 2 atom stereocenters. The molecular formula is C16H14F3NO2S. The maximum Gasteiger partial charge on any atom is 0.416 e. The van der Waals surface area contributed by atoms with Gasteiger partial charge in [-0.15, -0.1) is 0 Å². The topological polar surface area (TPSA) is 37.1 Å². The minimum absolute atomic E-state index is 0.151. The van der Waals surface area contributed by atoms with Crippen molar-refractivity contribution in [2.24, 2.45) is 0 Å². The Morgan fingerprint density at radius 1 is 1.09 bits per heavy atom. The van der Waals surface area contributed by atoms with Crippen molar-refractivity contribution >= 4 is 10.0 Å². The van der Waals surface area contributed by atoms with Crippen molar-refractivity contribution in [1.29, 1.82) is 0 Å². The molecule has 0 amide bonds. The van der Waals surface area contributed by atoms with Crippen LogP contribution in [0.25, 0.3) is 0 Å². The average Bonchev–Trinajstić information content (AvgIpc) is 3.28. The van der Waals surface area contributed by atoms with Crippen LogP contribution in [0.3, 0.4) is 0 Å². The molecule has 0 bridgehead atoms. The molecule has 0 spiro atoms. The summed E-state index contributed by atoms with van der Waals surface area (Å²) in [6.07, 6.45) is -4.44. The van der Waals surface area contributed by atoms with Gasteiger partial charge in [-0.1, -0.05) is 29.8 Å². The first-order valence-corrected chi connectivity index (χ1v) is 8.39. The Balaban J connectivity index is 1.86. The number of alkyl halides is 3. The summed E-state index contributed by atoms with van der Waals surface area (Å²) in [6.45, 7) is 2.04. The van der Waals surface area contributed by atoms with Gasteiger partial charge in [0.15, 0.2) is 0 Å². The molecule has 0 aliphatic carbocycles. The molecule has 2 aromatic carbocycles. The predicted octanol–water partition coefficient (Wildman–Crippen LogP) is 3.76. The van der Waals surface area contributed by atoms with E-state index in [1.54, 1.807) is 12.1 Å². The largest absolute Gasteiger partial charge is 0.416 e. The number of aryl methyl sites for hydroxylation is 1. The number of sulfonamides is 1. The molecule has 2 aromatic rings. The van der Waals surface area contributed by atoms with E-state index >= 15 is 0 Å². The lowest BCUT2D eigenvalue weighted by Gasteiger charge is -2.09. The fourth-order valence-electron chi connectivity index (χ4n) is 2.43. The molecule has 0 aromatic heterocycles. The second-order valence-corrected chi connectivity index (χ2v) is 7.42. The quantitative estimate of drug-likeness (QED) is 0.797. The maximum atomic E-state index is 12.8. The molecule has 1 unspecified atom stereocenters. The Morgan fingerprint density at radius 3 is 2.35 bits per heavy atom. The third-order valence-electron chi connectivity index (χ3n) is 3.79. The highest BCUT2D eigenvalue weighted by atomic mass is 32.2. The molecule has 23 heavy (non-hydrogen) atoms. The van der Waals surface area contributed by atoms with Crippen LogP contribution in [0.15, 0.2) is 53.4 Å². The highest BCUT2D eigenvalue weighted by Gasteiger charge is 2.46. The SMILES string of the molecule is Cc1ccc(S(=O)(=O)N2C[C@H]2c2cccc(C(F)(F)F)c2)cc1. The smallest absolute Gasteiger partial charge is 0.207 e. The molecule has 1 aliphatic heterocycles. The average molecular weight is 341 g/mol. The van der Waals surface area contributed by atoms with Gasteiger partial charge >= 0.3 is 6.18 Å². The van der Waals surface area contributed by atoms with Gasteiger partial charge in [-0.05, 0) is 36.8 Å². The standard InChI is InChI=1S/C16H14F3NO2S/c1-11-5-7-14(8-6-11)23(21,22)20-10-15(20)12-3-2-4-13(9-12)16(17,18)19/h2-9,15H,10H2,1H3/t15-,20?/m0/s1. The van der Waals surface area contributed by atoms with Crippen LogP contribution in [0.2, 0.25) is 0 Å². The van der Waals surface area contributed by atoms with Crippen LogP contribution in [0.1, 0.15) is 22.7 Å². The normalized spacial score (nSPS) is 21.2. The molecule has 0 saturated carbocycles. The number of hydrogen-bond donors (Lipinski definition) is 0. The summed E-state index contributed by atoms with van der Waals surface area (Å²) in [4.78, 5) is 0.151. The van der Waals surface area contributed by atoms with Crippen molar-refractivity contribution in [2.45, 2.75) is 24.0 Å². The van der Waals surface area contributed by atoms with Crippen molar-refractivity contribution < 1.29 is 21.6 Å². The van der Waals surface area contributed by atoms with E-state index in [2.05, 4.69) is 0 Å². The van der Waals surface area contributed by atoms with E-state index in [0.29, 0.717) is 5.56 Å². The Labute approximate surface area is 132 Å². The van der Waals surface area contributed by atoms with Gasteiger partial charge in [0.2, 0.25) is 10.0 Å². The van der Waals surface area contributed by atoms with Crippen molar-refractivity contribution in [3.05, 3.63) is 65.2 Å². The van der Waals surface area contributed by atoms with Gasteiger partial charge in [0.25, 0.3) is 0 Å². The summed E-state index contributed by atoms with van der Waals surface area (Å²) >= 11 is 0. The van der Waals surface area contributed by atoms with Crippen molar-refractivity contribution in [3.63, 3.8) is 0 Å². The highest BCUT2D eigenvalue weighted by Crippen LogP contribution is 2.41. The van der Waals surface area contributed by atoms with Gasteiger partial charge < -0.3 is 0 Å². The van der Waals surface area contributed by atoms with E-state index in [9.17, 15) is 21.6 Å². The summed E-state index contributed by atoms with van der Waals surface area (Å²) in [5.74, 6) is 0. The molecule has 1 saturated heterocycles. The first kappa shape index (κ1) is 16.0. The number of rotatable bonds is 3. The Bertz CT molecular complexity index is 829. The van der Waals surface area contributed by atoms with E-state index < -0.39 is 27.8 Å². The summed E-state index contributed by atoms with van der Waals surface area (Å²) in [5.41, 5.74) is 0.522. The first-order chi connectivity index (χ1) is 10.7. The Kier molecular flexibility index (Phi) is 3.72. The van der Waals surface area contributed by atoms with Gasteiger partial charge in [0.05, 0.1) is 16.5 Å².